The smallest absolute Gasteiger partial charge is 0.174 e. The average molecular weight is 249 g/mol. The molecule has 17 heavy (non-hydrogen) atoms. The summed E-state index contributed by atoms with van der Waals surface area (Å²) in [6.45, 7) is 2.26. The number of aliphatic hydroxyl groups excluding tert-OH is 1. The molecule has 2 aromatic rings. The summed E-state index contributed by atoms with van der Waals surface area (Å²) in [5.74, 6) is 1.92. The summed E-state index contributed by atoms with van der Waals surface area (Å²) in [6, 6.07) is 4.32. The largest absolute Gasteiger partial charge is 0.394 e. The predicted molar refractivity (Wildman–Crippen MR) is 67.1 cm³/mol. The number of hydrogen-bond acceptors (Lipinski definition) is 4. The predicted octanol–water partition coefficient (Wildman–Crippen LogP) is 2.18. The SMILES string of the molecule is Cc1ccc(-c2nnc3n2C(CO)CCC3)s1. The highest BCUT2D eigenvalue weighted by Crippen LogP contribution is 2.32. The normalized spacial score (nSPS) is 19.3. The fourth-order valence-electron chi connectivity index (χ4n) is 2.40. The van der Waals surface area contributed by atoms with E-state index in [0.717, 1.165) is 35.8 Å². The van der Waals surface area contributed by atoms with Gasteiger partial charge in [0.1, 0.15) is 5.82 Å². The Bertz CT molecular complexity index is 532. The Balaban J connectivity index is 2.09. The van der Waals surface area contributed by atoms with Gasteiger partial charge in [0.2, 0.25) is 0 Å². The van der Waals surface area contributed by atoms with E-state index >= 15 is 0 Å². The zero-order valence-electron chi connectivity index (χ0n) is 9.76. The fraction of sp³-hybridized carbons (Fsp3) is 0.500. The van der Waals surface area contributed by atoms with Crippen LogP contribution in [0.1, 0.15) is 29.6 Å². The molecule has 1 atom stereocenters. The van der Waals surface area contributed by atoms with Gasteiger partial charge in [-0.2, -0.15) is 0 Å². The maximum Gasteiger partial charge on any atom is 0.174 e. The molecule has 0 bridgehead atoms. The first-order valence-corrected chi connectivity index (χ1v) is 6.72. The molecule has 0 spiro atoms. The highest BCUT2D eigenvalue weighted by Gasteiger charge is 2.25. The Morgan fingerprint density at radius 3 is 3.06 bits per heavy atom. The summed E-state index contributed by atoms with van der Waals surface area (Å²) in [5, 5.41) is 18.0. The number of aliphatic hydroxyl groups is 1. The summed E-state index contributed by atoms with van der Waals surface area (Å²) >= 11 is 1.73. The quantitative estimate of drug-likeness (QED) is 0.887. The van der Waals surface area contributed by atoms with Gasteiger partial charge in [-0.05, 0) is 31.9 Å². The molecule has 1 unspecified atom stereocenters. The zero-order chi connectivity index (χ0) is 11.8. The van der Waals surface area contributed by atoms with E-state index in [1.165, 1.54) is 4.88 Å². The maximum absolute atomic E-state index is 9.46. The van der Waals surface area contributed by atoms with Crippen LogP contribution in [0.5, 0.6) is 0 Å². The van der Waals surface area contributed by atoms with Crippen LogP contribution in [0.4, 0.5) is 0 Å². The van der Waals surface area contributed by atoms with E-state index in [1.54, 1.807) is 11.3 Å². The van der Waals surface area contributed by atoms with Crippen LogP contribution >= 0.6 is 11.3 Å². The third-order valence-electron chi connectivity index (χ3n) is 3.24. The summed E-state index contributed by atoms with van der Waals surface area (Å²) in [7, 11) is 0. The molecule has 0 amide bonds. The molecule has 0 radical (unpaired) electrons. The molecule has 5 heteroatoms. The van der Waals surface area contributed by atoms with Gasteiger partial charge in [-0.25, -0.2) is 0 Å². The number of nitrogens with zero attached hydrogens (tertiary/aromatic N) is 3. The van der Waals surface area contributed by atoms with Gasteiger partial charge in [0.05, 0.1) is 17.5 Å². The van der Waals surface area contributed by atoms with Gasteiger partial charge in [-0.3, -0.25) is 0 Å². The van der Waals surface area contributed by atoms with Crippen molar-refractivity contribution in [1.29, 1.82) is 0 Å². The van der Waals surface area contributed by atoms with Crippen molar-refractivity contribution in [2.75, 3.05) is 6.61 Å². The highest BCUT2D eigenvalue weighted by molar-refractivity contribution is 7.15. The minimum Gasteiger partial charge on any atom is -0.394 e. The molecule has 0 fully saturated rings. The van der Waals surface area contributed by atoms with Crippen LogP contribution in [0, 0.1) is 6.92 Å². The van der Waals surface area contributed by atoms with Crippen LogP contribution in [0.2, 0.25) is 0 Å². The maximum atomic E-state index is 9.46. The van der Waals surface area contributed by atoms with Crippen LogP contribution in [0.25, 0.3) is 10.7 Å². The summed E-state index contributed by atoms with van der Waals surface area (Å²) < 4.78 is 2.12. The van der Waals surface area contributed by atoms with Crippen molar-refractivity contribution in [3.63, 3.8) is 0 Å². The molecule has 4 nitrogen and oxygen atoms in total. The number of hydrogen-bond donors (Lipinski definition) is 1. The molecular weight excluding hydrogens is 234 g/mol. The second-order valence-electron chi connectivity index (χ2n) is 4.45. The van der Waals surface area contributed by atoms with E-state index in [9.17, 15) is 5.11 Å². The van der Waals surface area contributed by atoms with Crippen LogP contribution < -0.4 is 0 Å². The van der Waals surface area contributed by atoms with Crippen LogP contribution in [0.3, 0.4) is 0 Å². The monoisotopic (exact) mass is 249 g/mol. The molecule has 90 valence electrons. The molecule has 0 aromatic carbocycles. The molecular formula is C12H15N3OS. The second kappa shape index (κ2) is 4.23. The van der Waals surface area contributed by atoms with Crippen molar-refractivity contribution in [2.45, 2.75) is 32.2 Å². The Morgan fingerprint density at radius 2 is 2.35 bits per heavy atom. The van der Waals surface area contributed by atoms with Gasteiger partial charge < -0.3 is 9.67 Å². The third-order valence-corrected chi connectivity index (χ3v) is 4.24. The van der Waals surface area contributed by atoms with Crippen molar-refractivity contribution >= 4 is 11.3 Å². The van der Waals surface area contributed by atoms with E-state index in [0.29, 0.717) is 0 Å². The van der Waals surface area contributed by atoms with Gasteiger partial charge >= 0.3 is 0 Å². The molecule has 1 aliphatic rings. The zero-order valence-corrected chi connectivity index (χ0v) is 10.6. The standard InChI is InChI=1S/C12H15N3OS/c1-8-5-6-10(17-8)12-14-13-11-4-2-3-9(7-16)15(11)12/h5-6,9,16H,2-4,7H2,1H3. The molecule has 0 saturated carbocycles. The van der Waals surface area contributed by atoms with Gasteiger partial charge in [-0.1, -0.05) is 0 Å². The summed E-state index contributed by atoms with van der Waals surface area (Å²) in [6.07, 6.45) is 3.07. The van der Waals surface area contributed by atoms with E-state index < -0.39 is 0 Å². The average Bonchev–Trinajstić information content (AvgIpc) is 2.94. The van der Waals surface area contributed by atoms with Crippen molar-refractivity contribution in [3.05, 3.63) is 22.8 Å². The number of fused-ring (bicyclic) bond motifs is 1. The van der Waals surface area contributed by atoms with Crippen LogP contribution in [0.15, 0.2) is 12.1 Å². The van der Waals surface area contributed by atoms with E-state index in [4.69, 9.17) is 0 Å². The first-order chi connectivity index (χ1) is 8.29. The Labute approximate surface area is 104 Å². The highest BCUT2D eigenvalue weighted by atomic mass is 32.1. The molecule has 0 saturated heterocycles. The number of aromatic nitrogens is 3. The molecule has 1 N–H and O–H groups in total. The van der Waals surface area contributed by atoms with Crippen molar-refractivity contribution in [2.24, 2.45) is 0 Å². The second-order valence-corrected chi connectivity index (χ2v) is 5.74. The van der Waals surface area contributed by atoms with Crippen molar-refractivity contribution in [3.8, 4) is 10.7 Å². The fourth-order valence-corrected chi connectivity index (χ4v) is 3.25. The lowest BCUT2D eigenvalue weighted by Crippen LogP contribution is -2.21. The number of thiophene rings is 1. The van der Waals surface area contributed by atoms with Crippen LogP contribution in [-0.4, -0.2) is 26.5 Å². The lowest BCUT2D eigenvalue weighted by Gasteiger charge is -2.23. The number of aryl methyl sites for hydroxylation is 2. The first-order valence-electron chi connectivity index (χ1n) is 5.91. The van der Waals surface area contributed by atoms with Crippen LogP contribution in [-0.2, 0) is 6.42 Å². The lowest BCUT2D eigenvalue weighted by molar-refractivity contribution is 0.207. The molecule has 2 aromatic heterocycles. The number of rotatable bonds is 2. The first kappa shape index (κ1) is 10.9. The molecule has 1 aliphatic heterocycles. The van der Waals surface area contributed by atoms with Gasteiger partial charge in [0, 0.05) is 11.3 Å². The summed E-state index contributed by atoms with van der Waals surface area (Å²) in [5.41, 5.74) is 0. The minimum absolute atomic E-state index is 0.145. The Kier molecular flexibility index (Phi) is 2.72. The van der Waals surface area contributed by atoms with Gasteiger partial charge in [0.25, 0.3) is 0 Å². The van der Waals surface area contributed by atoms with Gasteiger partial charge in [0.15, 0.2) is 5.82 Å². The van der Waals surface area contributed by atoms with Crippen molar-refractivity contribution in [1.82, 2.24) is 14.8 Å². The van der Waals surface area contributed by atoms with E-state index in [-0.39, 0.29) is 12.6 Å². The van der Waals surface area contributed by atoms with Gasteiger partial charge in [-0.15, -0.1) is 21.5 Å². The lowest BCUT2D eigenvalue weighted by atomic mass is 10.1. The Morgan fingerprint density at radius 1 is 1.47 bits per heavy atom. The molecule has 3 heterocycles. The topological polar surface area (TPSA) is 50.9 Å². The Hall–Kier alpha value is -1.20. The van der Waals surface area contributed by atoms with E-state index in [2.05, 4.69) is 33.8 Å². The van der Waals surface area contributed by atoms with E-state index in [1.807, 2.05) is 0 Å². The molecule has 0 aliphatic carbocycles. The third kappa shape index (κ3) is 1.79. The van der Waals surface area contributed by atoms with Crippen molar-refractivity contribution < 1.29 is 5.11 Å². The summed E-state index contributed by atoms with van der Waals surface area (Å²) in [4.78, 5) is 2.41. The molecule has 3 rings (SSSR count). The minimum atomic E-state index is 0.145.